The summed E-state index contributed by atoms with van der Waals surface area (Å²) in [7, 11) is 3.66. The summed E-state index contributed by atoms with van der Waals surface area (Å²) in [6.45, 7) is 5.17. The Kier molecular flexibility index (Phi) is 6.41. The minimum absolute atomic E-state index is 0.00500. The summed E-state index contributed by atoms with van der Waals surface area (Å²) in [4.78, 5) is 29.2. The van der Waals surface area contributed by atoms with Gasteiger partial charge < -0.3 is 9.80 Å². The van der Waals surface area contributed by atoms with Crippen molar-refractivity contribution in [3.8, 4) is 11.1 Å². The largest absolute Gasteiger partial charge is 0.348 e. The Morgan fingerprint density at radius 1 is 0.966 bits per heavy atom. The molecule has 0 radical (unpaired) electrons. The Labute approximate surface area is 174 Å². The smallest absolute Gasteiger partial charge is 0.228 e. The first kappa shape index (κ1) is 21.1. The fourth-order valence-corrected chi connectivity index (χ4v) is 4.34. The predicted octanol–water partition coefficient (Wildman–Crippen LogP) is 4.25. The molecule has 1 saturated heterocycles. The Bertz CT molecular complexity index is 850. The molecular weight excluding hydrogens is 360 g/mol. The van der Waals surface area contributed by atoms with Gasteiger partial charge in [0.1, 0.15) is 0 Å². The molecule has 0 bridgehead atoms. The fourth-order valence-electron chi connectivity index (χ4n) is 4.34. The summed E-state index contributed by atoms with van der Waals surface area (Å²) in [5.74, 6) is 0.343. The SMILES string of the molecule is CC(C)C(=O)N1CCC(Cc2cccc(-c3ccccc3)c2)(C(=O)N(C)C)CC1. The van der Waals surface area contributed by atoms with E-state index in [0.717, 1.165) is 0 Å². The maximum Gasteiger partial charge on any atom is 0.228 e. The minimum Gasteiger partial charge on any atom is -0.348 e. The van der Waals surface area contributed by atoms with Crippen LogP contribution in [0.25, 0.3) is 11.1 Å². The molecule has 2 aromatic carbocycles. The molecule has 0 aliphatic carbocycles. The average molecular weight is 393 g/mol. The lowest BCUT2D eigenvalue weighted by molar-refractivity contribution is -0.147. The topological polar surface area (TPSA) is 40.6 Å². The number of carbonyl (C=O) groups is 2. The van der Waals surface area contributed by atoms with Crippen molar-refractivity contribution in [3.05, 3.63) is 60.2 Å². The van der Waals surface area contributed by atoms with Gasteiger partial charge in [-0.2, -0.15) is 0 Å². The van der Waals surface area contributed by atoms with Crippen LogP contribution in [-0.4, -0.2) is 48.8 Å². The minimum atomic E-state index is -0.452. The van der Waals surface area contributed by atoms with Crippen molar-refractivity contribution in [3.63, 3.8) is 0 Å². The lowest BCUT2D eigenvalue weighted by Gasteiger charge is -2.42. The third kappa shape index (κ3) is 4.69. The van der Waals surface area contributed by atoms with Gasteiger partial charge in [0, 0.05) is 33.1 Å². The van der Waals surface area contributed by atoms with E-state index < -0.39 is 5.41 Å². The Balaban J connectivity index is 1.84. The van der Waals surface area contributed by atoms with Gasteiger partial charge in [0.25, 0.3) is 0 Å². The second-order valence-corrected chi connectivity index (χ2v) is 8.70. The van der Waals surface area contributed by atoms with Gasteiger partial charge in [0.05, 0.1) is 5.41 Å². The second kappa shape index (κ2) is 8.81. The molecule has 0 aromatic heterocycles. The summed E-state index contributed by atoms with van der Waals surface area (Å²) in [5, 5.41) is 0. The fraction of sp³-hybridized carbons (Fsp3) is 0.440. The van der Waals surface area contributed by atoms with Gasteiger partial charge in [-0.25, -0.2) is 0 Å². The van der Waals surface area contributed by atoms with E-state index in [1.54, 1.807) is 4.90 Å². The van der Waals surface area contributed by atoms with Gasteiger partial charge in [-0.05, 0) is 36.0 Å². The number of hydrogen-bond donors (Lipinski definition) is 0. The molecule has 1 heterocycles. The van der Waals surface area contributed by atoms with Crippen molar-refractivity contribution >= 4 is 11.8 Å². The van der Waals surface area contributed by atoms with E-state index in [-0.39, 0.29) is 17.7 Å². The molecule has 1 fully saturated rings. The normalized spacial score (nSPS) is 16.0. The molecule has 4 heteroatoms. The molecule has 154 valence electrons. The van der Waals surface area contributed by atoms with E-state index >= 15 is 0 Å². The molecule has 0 unspecified atom stereocenters. The molecule has 29 heavy (non-hydrogen) atoms. The quantitative estimate of drug-likeness (QED) is 0.763. The zero-order valence-corrected chi connectivity index (χ0v) is 18.0. The lowest BCUT2D eigenvalue weighted by atomic mass is 9.72. The van der Waals surface area contributed by atoms with E-state index in [1.807, 2.05) is 51.0 Å². The van der Waals surface area contributed by atoms with Crippen LogP contribution in [0.15, 0.2) is 54.6 Å². The highest BCUT2D eigenvalue weighted by Crippen LogP contribution is 2.38. The van der Waals surface area contributed by atoms with Crippen LogP contribution in [0.1, 0.15) is 32.3 Å². The summed E-state index contributed by atoms with van der Waals surface area (Å²) in [5.41, 5.74) is 3.07. The Hall–Kier alpha value is -2.62. The summed E-state index contributed by atoms with van der Waals surface area (Å²) in [6, 6.07) is 18.8. The Morgan fingerprint density at radius 2 is 1.59 bits per heavy atom. The molecule has 1 aliphatic rings. The van der Waals surface area contributed by atoms with Crippen molar-refractivity contribution in [1.29, 1.82) is 0 Å². The van der Waals surface area contributed by atoms with E-state index in [9.17, 15) is 9.59 Å². The molecule has 1 aliphatic heterocycles. The lowest BCUT2D eigenvalue weighted by Crippen LogP contribution is -2.51. The average Bonchev–Trinajstić information content (AvgIpc) is 2.74. The number of carbonyl (C=O) groups excluding carboxylic acids is 2. The number of hydrogen-bond acceptors (Lipinski definition) is 2. The van der Waals surface area contributed by atoms with Crippen molar-refractivity contribution < 1.29 is 9.59 Å². The predicted molar refractivity (Wildman–Crippen MR) is 117 cm³/mol. The third-order valence-electron chi connectivity index (χ3n) is 5.96. The van der Waals surface area contributed by atoms with Crippen molar-refractivity contribution in [2.45, 2.75) is 33.1 Å². The maximum absolute atomic E-state index is 13.2. The van der Waals surface area contributed by atoms with Gasteiger partial charge in [-0.1, -0.05) is 68.4 Å². The number of nitrogens with zero attached hydrogens (tertiary/aromatic N) is 2. The van der Waals surface area contributed by atoms with Gasteiger partial charge >= 0.3 is 0 Å². The zero-order valence-electron chi connectivity index (χ0n) is 18.0. The van der Waals surface area contributed by atoms with Crippen LogP contribution >= 0.6 is 0 Å². The van der Waals surface area contributed by atoms with Crippen LogP contribution in [0.5, 0.6) is 0 Å². The number of piperidine rings is 1. The van der Waals surface area contributed by atoms with Crippen molar-refractivity contribution in [1.82, 2.24) is 9.80 Å². The summed E-state index contributed by atoms with van der Waals surface area (Å²) < 4.78 is 0. The summed E-state index contributed by atoms with van der Waals surface area (Å²) >= 11 is 0. The monoisotopic (exact) mass is 392 g/mol. The van der Waals surface area contributed by atoms with Crippen LogP contribution in [0.4, 0.5) is 0 Å². The molecule has 4 nitrogen and oxygen atoms in total. The van der Waals surface area contributed by atoms with Gasteiger partial charge in [-0.15, -0.1) is 0 Å². The number of likely N-dealkylation sites (tertiary alicyclic amines) is 1. The Morgan fingerprint density at radius 3 is 2.17 bits per heavy atom. The van der Waals surface area contributed by atoms with E-state index in [4.69, 9.17) is 0 Å². The molecule has 2 amide bonds. The first-order valence-electron chi connectivity index (χ1n) is 10.5. The molecule has 0 atom stereocenters. The van der Waals surface area contributed by atoms with E-state index in [0.29, 0.717) is 32.4 Å². The first-order chi connectivity index (χ1) is 13.8. The van der Waals surface area contributed by atoms with E-state index in [2.05, 4.69) is 36.4 Å². The van der Waals surface area contributed by atoms with Crippen LogP contribution < -0.4 is 0 Å². The molecule has 0 N–H and O–H groups in total. The van der Waals surface area contributed by atoms with Gasteiger partial charge in [0.2, 0.25) is 11.8 Å². The second-order valence-electron chi connectivity index (χ2n) is 8.70. The number of rotatable bonds is 5. The standard InChI is InChI=1S/C25H32N2O2/c1-19(2)23(28)27-15-13-25(14-16-27,24(29)26(3)4)18-20-9-8-12-22(17-20)21-10-6-5-7-11-21/h5-12,17,19H,13-16,18H2,1-4H3. The van der Waals surface area contributed by atoms with Crippen LogP contribution in [0, 0.1) is 11.3 Å². The zero-order chi connectivity index (χ0) is 21.0. The third-order valence-corrected chi connectivity index (χ3v) is 5.96. The highest BCUT2D eigenvalue weighted by atomic mass is 16.2. The van der Waals surface area contributed by atoms with Crippen molar-refractivity contribution in [2.75, 3.05) is 27.2 Å². The molecule has 0 saturated carbocycles. The van der Waals surface area contributed by atoms with Crippen LogP contribution in [-0.2, 0) is 16.0 Å². The first-order valence-corrected chi connectivity index (χ1v) is 10.5. The highest BCUT2D eigenvalue weighted by molar-refractivity contribution is 5.84. The molecule has 0 spiro atoms. The van der Waals surface area contributed by atoms with Gasteiger partial charge in [-0.3, -0.25) is 9.59 Å². The number of benzene rings is 2. The highest BCUT2D eigenvalue weighted by Gasteiger charge is 2.43. The molecule has 3 rings (SSSR count). The summed E-state index contributed by atoms with van der Waals surface area (Å²) in [6.07, 6.45) is 2.12. The molecule has 2 aromatic rings. The van der Waals surface area contributed by atoms with Crippen molar-refractivity contribution in [2.24, 2.45) is 11.3 Å². The number of amides is 2. The van der Waals surface area contributed by atoms with E-state index in [1.165, 1.54) is 16.7 Å². The maximum atomic E-state index is 13.2. The van der Waals surface area contributed by atoms with Crippen LogP contribution in [0.2, 0.25) is 0 Å². The van der Waals surface area contributed by atoms with Crippen LogP contribution in [0.3, 0.4) is 0 Å². The molecular formula is C25H32N2O2. The van der Waals surface area contributed by atoms with Gasteiger partial charge in [0.15, 0.2) is 0 Å².